The number of hydrogen-bond acceptors (Lipinski definition) is 2. The summed E-state index contributed by atoms with van der Waals surface area (Å²) in [5.41, 5.74) is 0. The molecule has 4 aliphatic heterocycles. The molecule has 1 aliphatic carbocycles. The summed E-state index contributed by atoms with van der Waals surface area (Å²) >= 11 is 0. The van der Waals surface area contributed by atoms with Gasteiger partial charge in [-0.15, -0.1) is 0 Å². The van der Waals surface area contributed by atoms with Crippen LogP contribution in [0.25, 0.3) is 0 Å². The maximum absolute atomic E-state index is 13.5. The van der Waals surface area contributed by atoms with Gasteiger partial charge >= 0.3 is 11.8 Å². The summed E-state index contributed by atoms with van der Waals surface area (Å²) in [4.78, 5) is 0. The van der Waals surface area contributed by atoms with Crippen molar-refractivity contribution in [3.8, 4) is 0 Å². The first kappa shape index (κ1) is 10.2. The lowest BCUT2D eigenvalue weighted by molar-refractivity contribution is -0.358. The zero-order valence-corrected chi connectivity index (χ0v) is 9.10. The van der Waals surface area contributed by atoms with Gasteiger partial charge in [-0.25, -0.2) is 0 Å². The van der Waals surface area contributed by atoms with Crippen LogP contribution in [0, 0.1) is 23.7 Å². The molecule has 6 heteroatoms. The molecule has 98 valence electrons. The van der Waals surface area contributed by atoms with Crippen LogP contribution in [0.1, 0.15) is 0 Å². The zero-order chi connectivity index (χ0) is 12.4. The van der Waals surface area contributed by atoms with Crippen molar-refractivity contribution in [2.75, 3.05) is 0 Å². The molecule has 4 fully saturated rings. The van der Waals surface area contributed by atoms with Crippen LogP contribution in [-0.2, 0) is 9.47 Å². The molecule has 0 radical (unpaired) electrons. The average molecular weight is 262 g/mol. The van der Waals surface area contributed by atoms with Crippen LogP contribution >= 0.6 is 0 Å². The van der Waals surface area contributed by atoms with Crippen LogP contribution in [0.2, 0.25) is 0 Å². The molecule has 1 saturated carbocycles. The fourth-order valence-electron chi connectivity index (χ4n) is 4.81. The minimum absolute atomic E-state index is 0.159. The van der Waals surface area contributed by atoms with Crippen LogP contribution in [-0.4, -0.2) is 36.3 Å². The van der Waals surface area contributed by atoms with Crippen molar-refractivity contribution >= 4 is 0 Å². The summed E-state index contributed by atoms with van der Waals surface area (Å²) in [5, 5.41) is 0. The summed E-state index contributed by atoms with van der Waals surface area (Å²) in [6.45, 7) is 0. The molecule has 4 bridgehead atoms. The number of hydrogen-bond donors (Lipinski definition) is 0. The molecule has 0 aromatic rings. The highest BCUT2D eigenvalue weighted by Crippen LogP contribution is 2.73. The molecule has 8 atom stereocenters. The monoisotopic (exact) mass is 262 g/mol. The van der Waals surface area contributed by atoms with Crippen molar-refractivity contribution < 1.29 is 27.0 Å². The molecule has 0 N–H and O–H groups in total. The van der Waals surface area contributed by atoms with Gasteiger partial charge < -0.3 is 9.47 Å². The second kappa shape index (κ2) is 2.50. The SMILES string of the molecule is FC1(F)[C@@H]2[C@@H]3O[C@H]([C@H]4[C@H]3[C@@H]3C=C[C@H]4O3)[C@@H]2C1(F)F. The third kappa shape index (κ3) is 0.744. The highest BCUT2D eigenvalue weighted by Gasteiger charge is 2.89. The van der Waals surface area contributed by atoms with E-state index in [4.69, 9.17) is 9.47 Å². The second-order valence-electron chi connectivity index (χ2n) is 5.97. The zero-order valence-electron chi connectivity index (χ0n) is 9.10. The van der Waals surface area contributed by atoms with Gasteiger partial charge in [0.25, 0.3) is 0 Å². The van der Waals surface area contributed by atoms with Crippen molar-refractivity contribution in [1.29, 1.82) is 0 Å². The molecule has 5 rings (SSSR count). The van der Waals surface area contributed by atoms with E-state index in [0.29, 0.717) is 0 Å². The van der Waals surface area contributed by atoms with E-state index < -0.39 is 35.9 Å². The van der Waals surface area contributed by atoms with Crippen molar-refractivity contribution in [3.05, 3.63) is 12.2 Å². The largest absolute Gasteiger partial charge is 0.373 e. The molecule has 5 aliphatic rings. The lowest BCUT2D eigenvalue weighted by atomic mass is 9.53. The molecule has 0 aromatic heterocycles. The van der Waals surface area contributed by atoms with E-state index in [-0.39, 0.29) is 24.0 Å². The molecule has 0 amide bonds. The molecule has 3 saturated heterocycles. The van der Waals surface area contributed by atoms with Crippen LogP contribution in [0.3, 0.4) is 0 Å². The number of alkyl halides is 4. The maximum atomic E-state index is 13.5. The van der Waals surface area contributed by atoms with Crippen molar-refractivity contribution in [2.24, 2.45) is 23.7 Å². The predicted octanol–water partition coefficient (Wildman–Crippen LogP) is 1.85. The number of ether oxygens (including phenoxy) is 2. The smallest absolute Gasteiger partial charge is 0.316 e. The minimum atomic E-state index is -3.92. The molecular weight excluding hydrogens is 252 g/mol. The highest BCUT2D eigenvalue weighted by atomic mass is 19.3. The van der Waals surface area contributed by atoms with Gasteiger partial charge in [0, 0.05) is 11.8 Å². The normalized spacial score (nSPS) is 63.8. The first-order valence-corrected chi connectivity index (χ1v) is 6.19. The summed E-state index contributed by atoms with van der Waals surface area (Å²) < 4.78 is 65.3. The van der Waals surface area contributed by atoms with E-state index >= 15 is 0 Å². The summed E-state index contributed by atoms with van der Waals surface area (Å²) in [7, 11) is 0. The third-order valence-corrected chi connectivity index (χ3v) is 5.46. The molecule has 18 heavy (non-hydrogen) atoms. The topological polar surface area (TPSA) is 18.5 Å². The number of halogens is 4. The van der Waals surface area contributed by atoms with Crippen molar-refractivity contribution in [3.63, 3.8) is 0 Å². The molecule has 4 heterocycles. The van der Waals surface area contributed by atoms with E-state index in [1.165, 1.54) is 0 Å². The molecule has 0 aromatic carbocycles. The number of fused-ring (bicyclic) bond motifs is 12. The van der Waals surface area contributed by atoms with E-state index in [1.807, 2.05) is 12.2 Å². The lowest BCUT2D eigenvalue weighted by Gasteiger charge is -2.53. The van der Waals surface area contributed by atoms with Crippen LogP contribution in [0.4, 0.5) is 17.6 Å². The first-order chi connectivity index (χ1) is 8.44. The Hall–Kier alpha value is -0.620. The Kier molecular flexibility index (Phi) is 1.42. The Morgan fingerprint density at radius 2 is 1.17 bits per heavy atom. The van der Waals surface area contributed by atoms with Gasteiger partial charge in [0.15, 0.2) is 0 Å². The average Bonchev–Trinajstić information content (AvgIpc) is 3.04. The van der Waals surface area contributed by atoms with E-state index in [9.17, 15) is 17.6 Å². The second-order valence-corrected chi connectivity index (χ2v) is 5.97. The van der Waals surface area contributed by atoms with Gasteiger partial charge in [-0.3, -0.25) is 0 Å². The van der Waals surface area contributed by atoms with Gasteiger partial charge in [-0.1, -0.05) is 12.2 Å². The van der Waals surface area contributed by atoms with E-state index in [0.717, 1.165) is 0 Å². The van der Waals surface area contributed by atoms with Crippen molar-refractivity contribution in [1.82, 2.24) is 0 Å². The Balaban J connectivity index is 1.61. The molecule has 2 nitrogen and oxygen atoms in total. The summed E-state index contributed by atoms with van der Waals surface area (Å²) in [5.74, 6) is -10.8. The van der Waals surface area contributed by atoms with Gasteiger partial charge in [-0.2, -0.15) is 17.6 Å². The van der Waals surface area contributed by atoms with Gasteiger partial charge in [0.2, 0.25) is 0 Å². The van der Waals surface area contributed by atoms with Crippen LogP contribution < -0.4 is 0 Å². The lowest BCUT2D eigenvalue weighted by Crippen LogP contribution is -2.72. The summed E-state index contributed by atoms with van der Waals surface area (Å²) in [6.07, 6.45) is 1.72. The Morgan fingerprint density at radius 3 is 1.61 bits per heavy atom. The van der Waals surface area contributed by atoms with E-state index in [1.54, 1.807) is 0 Å². The molecular formula is C12H10F4O2. The first-order valence-electron chi connectivity index (χ1n) is 6.19. The van der Waals surface area contributed by atoms with Crippen LogP contribution in [0.15, 0.2) is 12.2 Å². The number of rotatable bonds is 0. The third-order valence-electron chi connectivity index (χ3n) is 5.46. The van der Waals surface area contributed by atoms with Gasteiger partial charge in [0.05, 0.1) is 36.3 Å². The standard InChI is InChI=1S/C12H10F4O2/c13-11(14)7-8(12(11,15)16)10-6-4-2-1-3(17-4)5(6)9(7)18-10/h1-10H/t3-,4+,5-,6-,7-,8+,9-,10-/m1/s1. The fraction of sp³-hybridized carbons (Fsp3) is 0.833. The quantitative estimate of drug-likeness (QED) is 0.490. The fourth-order valence-corrected chi connectivity index (χ4v) is 4.81. The minimum Gasteiger partial charge on any atom is -0.373 e. The Bertz CT molecular complexity index is 437. The van der Waals surface area contributed by atoms with Crippen LogP contribution in [0.5, 0.6) is 0 Å². The van der Waals surface area contributed by atoms with Gasteiger partial charge in [0.1, 0.15) is 0 Å². The Labute approximate surface area is 99.9 Å². The van der Waals surface area contributed by atoms with Crippen molar-refractivity contribution in [2.45, 2.75) is 36.3 Å². The van der Waals surface area contributed by atoms with E-state index in [2.05, 4.69) is 0 Å². The predicted molar refractivity (Wildman–Crippen MR) is 50.3 cm³/mol. The summed E-state index contributed by atoms with van der Waals surface area (Å²) in [6, 6.07) is 0. The molecule has 0 unspecified atom stereocenters. The van der Waals surface area contributed by atoms with Gasteiger partial charge in [-0.05, 0) is 0 Å². The highest BCUT2D eigenvalue weighted by molar-refractivity contribution is 5.30. The molecule has 0 spiro atoms. The maximum Gasteiger partial charge on any atom is 0.316 e. The Morgan fingerprint density at radius 1 is 0.722 bits per heavy atom.